The third kappa shape index (κ3) is 2.59. The number of benzene rings is 1. The maximum atomic E-state index is 12.8. The zero-order chi connectivity index (χ0) is 16.8. The van der Waals surface area contributed by atoms with Crippen LogP contribution in [0.5, 0.6) is 0 Å². The summed E-state index contributed by atoms with van der Waals surface area (Å²) in [6.07, 6.45) is -5.46. The molecule has 0 spiro atoms. The van der Waals surface area contributed by atoms with E-state index in [9.17, 15) is 27.9 Å². The van der Waals surface area contributed by atoms with Crippen LogP contribution >= 0.6 is 0 Å². The van der Waals surface area contributed by atoms with Gasteiger partial charge < -0.3 is 14.4 Å². The molecule has 1 N–H and O–H groups in total. The van der Waals surface area contributed by atoms with Gasteiger partial charge in [0.1, 0.15) is 11.1 Å². The monoisotopic (exact) mass is 327 g/mol. The van der Waals surface area contributed by atoms with Gasteiger partial charge in [-0.25, -0.2) is 4.79 Å². The van der Waals surface area contributed by atoms with Gasteiger partial charge in [0.05, 0.1) is 6.54 Å². The number of aliphatic hydroxyl groups is 1. The van der Waals surface area contributed by atoms with E-state index >= 15 is 0 Å². The molecule has 1 aliphatic rings. The van der Waals surface area contributed by atoms with Crippen molar-refractivity contribution in [3.63, 3.8) is 0 Å². The zero-order valence-corrected chi connectivity index (χ0v) is 11.8. The highest BCUT2D eigenvalue weighted by Gasteiger charge is 2.57. The molecular weight excluding hydrogens is 315 g/mol. The van der Waals surface area contributed by atoms with Crippen molar-refractivity contribution in [1.82, 2.24) is 4.90 Å². The number of rotatable bonds is 1. The molecule has 0 bridgehead atoms. The summed E-state index contributed by atoms with van der Waals surface area (Å²) in [6, 6.07) is 7.77. The van der Waals surface area contributed by atoms with E-state index in [1.807, 2.05) is 0 Å². The maximum absolute atomic E-state index is 12.8. The first-order valence-corrected chi connectivity index (χ1v) is 6.82. The summed E-state index contributed by atoms with van der Waals surface area (Å²) in [4.78, 5) is 25.0. The Morgan fingerprint density at radius 1 is 1.30 bits per heavy atom. The molecule has 1 amide bonds. The van der Waals surface area contributed by atoms with Crippen molar-refractivity contribution < 1.29 is 27.5 Å². The molecule has 0 unspecified atom stereocenters. The molecule has 1 fully saturated rings. The highest BCUT2D eigenvalue weighted by Crippen LogP contribution is 2.37. The van der Waals surface area contributed by atoms with E-state index in [1.165, 1.54) is 6.07 Å². The summed E-state index contributed by atoms with van der Waals surface area (Å²) >= 11 is 0. The number of para-hydroxylation sites is 1. The smallest absolute Gasteiger partial charge is 0.419 e. The minimum absolute atomic E-state index is 0.280. The van der Waals surface area contributed by atoms with Crippen LogP contribution in [0.3, 0.4) is 0 Å². The van der Waals surface area contributed by atoms with Crippen LogP contribution in [0.1, 0.15) is 16.8 Å². The first kappa shape index (κ1) is 15.5. The fraction of sp³-hybridized carbons (Fsp3) is 0.333. The lowest BCUT2D eigenvalue weighted by atomic mass is 10.0. The molecule has 3 rings (SSSR count). The van der Waals surface area contributed by atoms with Gasteiger partial charge in [-0.3, -0.25) is 4.79 Å². The summed E-state index contributed by atoms with van der Waals surface area (Å²) in [6.45, 7) is -1.19. The van der Waals surface area contributed by atoms with Crippen LogP contribution in [0.15, 0.2) is 39.5 Å². The lowest BCUT2D eigenvalue weighted by molar-refractivity contribution is -0.253. The second-order valence-corrected chi connectivity index (χ2v) is 5.49. The number of carbonyl (C=O) groups is 1. The third-order valence-corrected chi connectivity index (χ3v) is 3.93. The fourth-order valence-corrected chi connectivity index (χ4v) is 2.58. The Bertz CT molecular complexity index is 829. The Morgan fingerprint density at radius 2 is 2.00 bits per heavy atom. The number of hydrogen-bond acceptors (Lipinski definition) is 4. The number of amides is 1. The van der Waals surface area contributed by atoms with Crippen molar-refractivity contribution in [2.45, 2.75) is 18.2 Å². The van der Waals surface area contributed by atoms with E-state index in [-0.39, 0.29) is 17.7 Å². The number of carbonyl (C=O) groups excluding carboxylic acids is 1. The van der Waals surface area contributed by atoms with E-state index in [2.05, 4.69) is 0 Å². The summed E-state index contributed by atoms with van der Waals surface area (Å²) < 4.78 is 43.4. The van der Waals surface area contributed by atoms with Gasteiger partial charge in [-0.2, -0.15) is 13.2 Å². The SMILES string of the molecule is O=C(c1cc2ccccc2oc1=O)N1CC[C@@](O)(C(F)(F)F)C1. The highest BCUT2D eigenvalue weighted by atomic mass is 19.4. The van der Waals surface area contributed by atoms with Gasteiger partial charge >= 0.3 is 11.8 Å². The van der Waals surface area contributed by atoms with Crippen molar-refractivity contribution in [2.75, 3.05) is 13.1 Å². The quantitative estimate of drug-likeness (QED) is 0.813. The number of alkyl halides is 3. The molecule has 0 saturated carbocycles. The third-order valence-electron chi connectivity index (χ3n) is 3.93. The molecule has 1 aliphatic heterocycles. The average molecular weight is 327 g/mol. The van der Waals surface area contributed by atoms with Crippen molar-refractivity contribution in [3.8, 4) is 0 Å². The van der Waals surface area contributed by atoms with Crippen molar-refractivity contribution in [3.05, 3.63) is 46.3 Å². The molecule has 1 saturated heterocycles. The van der Waals surface area contributed by atoms with Crippen LogP contribution in [0.4, 0.5) is 13.2 Å². The summed E-state index contributed by atoms with van der Waals surface area (Å²) in [5.41, 5.74) is -3.94. The van der Waals surface area contributed by atoms with Crippen LogP contribution in [-0.4, -0.2) is 40.8 Å². The van der Waals surface area contributed by atoms with E-state index in [4.69, 9.17) is 4.42 Å². The van der Waals surface area contributed by atoms with Crippen molar-refractivity contribution in [2.24, 2.45) is 0 Å². The Morgan fingerprint density at radius 3 is 2.65 bits per heavy atom. The van der Waals surface area contributed by atoms with Gasteiger partial charge in [-0.15, -0.1) is 0 Å². The number of halogens is 3. The first-order valence-electron chi connectivity index (χ1n) is 6.82. The number of nitrogens with zero attached hydrogens (tertiary/aromatic N) is 1. The van der Waals surface area contributed by atoms with Gasteiger partial charge in [0.15, 0.2) is 5.60 Å². The minimum atomic E-state index is -4.84. The Labute approximate surface area is 127 Å². The van der Waals surface area contributed by atoms with Crippen LogP contribution in [-0.2, 0) is 0 Å². The Kier molecular flexibility index (Phi) is 3.44. The van der Waals surface area contributed by atoms with Gasteiger partial charge in [0.25, 0.3) is 5.91 Å². The number of fused-ring (bicyclic) bond motifs is 1. The maximum Gasteiger partial charge on any atom is 0.419 e. The predicted molar refractivity (Wildman–Crippen MR) is 74.0 cm³/mol. The molecule has 1 atom stereocenters. The number of β-amino-alcohol motifs (C(OH)–C–C–N with tert-alkyl or cyclic N) is 1. The normalized spacial score (nSPS) is 21.8. The number of hydrogen-bond donors (Lipinski definition) is 1. The molecule has 5 nitrogen and oxygen atoms in total. The van der Waals surface area contributed by atoms with Crippen LogP contribution in [0, 0.1) is 0 Å². The Hall–Kier alpha value is -2.35. The van der Waals surface area contributed by atoms with E-state index in [1.54, 1.807) is 24.3 Å². The second kappa shape index (κ2) is 5.09. The predicted octanol–water partition coefficient (Wildman–Crippen LogP) is 1.93. The molecular formula is C15H12F3NO4. The van der Waals surface area contributed by atoms with Crippen molar-refractivity contribution >= 4 is 16.9 Å². The molecule has 0 radical (unpaired) electrons. The Balaban J connectivity index is 1.93. The minimum Gasteiger partial charge on any atom is -0.422 e. The van der Waals surface area contributed by atoms with E-state index < -0.39 is 36.3 Å². The second-order valence-electron chi connectivity index (χ2n) is 5.49. The van der Waals surface area contributed by atoms with Crippen LogP contribution < -0.4 is 5.63 Å². The fourth-order valence-electron chi connectivity index (χ4n) is 2.58. The van der Waals surface area contributed by atoms with Gasteiger partial charge in [0.2, 0.25) is 0 Å². The van der Waals surface area contributed by atoms with Crippen LogP contribution in [0.2, 0.25) is 0 Å². The topological polar surface area (TPSA) is 70.8 Å². The van der Waals surface area contributed by atoms with E-state index in [0.717, 1.165) is 4.90 Å². The molecule has 1 aromatic heterocycles. The molecule has 122 valence electrons. The lowest BCUT2D eigenvalue weighted by Gasteiger charge is -2.25. The molecule has 23 heavy (non-hydrogen) atoms. The van der Waals surface area contributed by atoms with Crippen LogP contribution in [0.25, 0.3) is 11.0 Å². The lowest BCUT2D eigenvalue weighted by Crippen LogP contribution is -2.48. The summed E-state index contributed by atoms with van der Waals surface area (Å²) in [5, 5.41) is 10.1. The van der Waals surface area contributed by atoms with E-state index in [0.29, 0.717) is 5.39 Å². The average Bonchev–Trinajstić information content (AvgIpc) is 2.89. The molecule has 2 heterocycles. The van der Waals surface area contributed by atoms with Gasteiger partial charge in [-0.1, -0.05) is 18.2 Å². The zero-order valence-electron chi connectivity index (χ0n) is 11.8. The standard InChI is InChI=1S/C15H12F3NO4/c16-15(17,18)14(22)5-6-19(8-14)12(20)10-7-9-3-1-2-4-11(9)23-13(10)21/h1-4,7,22H,5-6,8H2/t14-/m0/s1. The molecule has 1 aromatic carbocycles. The van der Waals surface area contributed by atoms with Crippen molar-refractivity contribution in [1.29, 1.82) is 0 Å². The first-order chi connectivity index (χ1) is 10.7. The number of likely N-dealkylation sites (tertiary alicyclic amines) is 1. The van der Waals surface area contributed by atoms with Gasteiger partial charge in [0, 0.05) is 18.4 Å². The summed E-state index contributed by atoms with van der Waals surface area (Å²) in [5.74, 6) is -0.885. The van der Waals surface area contributed by atoms with Gasteiger partial charge in [-0.05, 0) is 12.1 Å². The molecule has 2 aromatic rings. The molecule has 0 aliphatic carbocycles. The molecule has 8 heteroatoms. The highest BCUT2D eigenvalue weighted by molar-refractivity contribution is 5.96. The largest absolute Gasteiger partial charge is 0.422 e. The summed E-state index contributed by atoms with van der Waals surface area (Å²) in [7, 11) is 0.